The molecule has 1 unspecified atom stereocenters. The monoisotopic (exact) mass is 309 g/mol. The van der Waals surface area contributed by atoms with Gasteiger partial charge in [-0.25, -0.2) is 0 Å². The summed E-state index contributed by atoms with van der Waals surface area (Å²) in [4.78, 5) is 11.9. The van der Waals surface area contributed by atoms with Gasteiger partial charge in [0.1, 0.15) is 5.60 Å². The van der Waals surface area contributed by atoms with Crippen LogP contribution in [0, 0.1) is 5.92 Å². The Balaban J connectivity index is 1.66. The highest BCUT2D eigenvalue weighted by Crippen LogP contribution is 2.27. The van der Waals surface area contributed by atoms with Gasteiger partial charge in [-0.15, -0.1) is 0 Å². The minimum atomic E-state index is -1.06. The number of aliphatic hydroxyl groups is 1. The standard InChI is InChI=1S/C20H23NO2/c1-20(23,14-21-19(22)17-8-5-9-17)18-12-10-16(11-13-18)15-6-3-2-4-7-15/h2-4,6-7,10-13,17,23H,5,8-9,14H2,1H3,(H,21,22). The van der Waals surface area contributed by atoms with Gasteiger partial charge in [0.2, 0.25) is 5.91 Å². The Morgan fingerprint density at radius 3 is 2.26 bits per heavy atom. The molecule has 1 aliphatic rings. The first-order chi connectivity index (χ1) is 11.1. The lowest BCUT2D eigenvalue weighted by Crippen LogP contribution is -2.42. The molecule has 0 saturated heterocycles. The number of amides is 1. The number of carbonyl (C=O) groups is 1. The van der Waals surface area contributed by atoms with E-state index in [1.807, 2.05) is 42.5 Å². The molecule has 120 valence electrons. The molecule has 0 radical (unpaired) electrons. The number of hydrogen-bond acceptors (Lipinski definition) is 2. The Kier molecular flexibility index (Phi) is 4.49. The molecule has 1 amide bonds. The maximum absolute atomic E-state index is 11.9. The molecular weight excluding hydrogens is 286 g/mol. The molecule has 1 saturated carbocycles. The van der Waals surface area contributed by atoms with Crippen LogP contribution in [0.15, 0.2) is 54.6 Å². The summed E-state index contributed by atoms with van der Waals surface area (Å²) >= 11 is 0. The number of rotatable bonds is 5. The van der Waals surface area contributed by atoms with Crippen molar-refractivity contribution in [2.24, 2.45) is 5.92 Å². The van der Waals surface area contributed by atoms with Crippen LogP contribution in [0.2, 0.25) is 0 Å². The van der Waals surface area contributed by atoms with E-state index in [9.17, 15) is 9.90 Å². The molecule has 3 heteroatoms. The molecule has 2 aromatic carbocycles. The molecule has 0 bridgehead atoms. The summed E-state index contributed by atoms with van der Waals surface area (Å²) in [5.41, 5.74) is 2.01. The van der Waals surface area contributed by atoms with Gasteiger partial charge < -0.3 is 10.4 Å². The van der Waals surface area contributed by atoms with Gasteiger partial charge in [-0.1, -0.05) is 61.0 Å². The van der Waals surface area contributed by atoms with Crippen molar-refractivity contribution in [3.05, 3.63) is 60.2 Å². The van der Waals surface area contributed by atoms with E-state index in [-0.39, 0.29) is 18.4 Å². The van der Waals surface area contributed by atoms with Crippen molar-refractivity contribution in [1.82, 2.24) is 5.32 Å². The molecule has 1 atom stereocenters. The molecule has 0 heterocycles. The van der Waals surface area contributed by atoms with Crippen molar-refractivity contribution in [3.63, 3.8) is 0 Å². The lowest BCUT2D eigenvalue weighted by Gasteiger charge is -2.28. The normalized spacial score (nSPS) is 17.1. The second-order valence-electron chi connectivity index (χ2n) is 6.56. The van der Waals surface area contributed by atoms with E-state index in [0.29, 0.717) is 0 Å². The van der Waals surface area contributed by atoms with Crippen LogP contribution in [0.1, 0.15) is 31.7 Å². The van der Waals surface area contributed by atoms with Crippen LogP contribution in [0.25, 0.3) is 11.1 Å². The average molecular weight is 309 g/mol. The molecule has 0 spiro atoms. The minimum Gasteiger partial charge on any atom is -0.384 e. The highest BCUT2D eigenvalue weighted by Gasteiger charge is 2.28. The van der Waals surface area contributed by atoms with Gasteiger partial charge in [-0.3, -0.25) is 4.79 Å². The summed E-state index contributed by atoms with van der Waals surface area (Å²) in [6, 6.07) is 18.0. The minimum absolute atomic E-state index is 0.0671. The summed E-state index contributed by atoms with van der Waals surface area (Å²) in [6.07, 6.45) is 3.08. The van der Waals surface area contributed by atoms with Crippen LogP contribution in [0.5, 0.6) is 0 Å². The number of nitrogens with one attached hydrogen (secondary N) is 1. The van der Waals surface area contributed by atoms with Gasteiger partial charge in [0.05, 0.1) is 6.54 Å². The first-order valence-electron chi connectivity index (χ1n) is 8.22. The van der Waals surface area contributed by atoms with E-state index in [4.69, 9.17) is 0 Å². The van der Waals surface area contributed by atoms with Gasteiger partial charge in [0.15, 0.2) is 0 Å². The zero-order chi connectivity index (χ0) is 16.3. The van der Waals surface area contributed by atoms with E-state index < -0.39 is 5.60 Å². The van der Waals surface area contributed by atoms with E-state index >= 15 is 0 Å². The Hall–Kier alpha value is -2.13. The molecule has 1 aliphatic carbocycles. The maximum atomic E-state index is 11.9. The van der Waals surface area contributed by atoms with Crippen LogP contribution < -0.4 is 5.32 Å². The third kappa shape index (κ3) is 3.62. The van der Waals surface area contributed by atoms with E-state index in [2.05, 4.69) is 17.4 Å². The van der Waals surface area contributed by atoms with Crippen molar-refractivity contribution >= 4 is 5.91 Å². The predicted molar refractivity (Wildman–Crippen MR) is 91.8 cm³/mol. The Bertz CT molecular complexity index is 658. The maximum Gasteiger partial charge on any atom is 0.223 e. The first-order valence-corrected chi connectivity index (χ1v) is 8.22. The highest BCUT2D eigenvalue weighted by atomic mass is 16.3. The predicted octanol–water partition coefficient (Wildman–Crippen LogP) is 3.48. The summed E-state index contributed by atoms with van der Waals surface area (Å²) in [6.45, 7) is 1.98. The van der Waals surface area contributed by atoms with Gasteiger partial charge in [0, 0.05) is 5.92 Å². The van der Waals surface area contributed by atoms with Crippen molar-refractivity contribution in [3.8, 4) is 11.1 Å². The number of carbonyl (C=O) groups excluding carboxylic acids is 1. The van der Waals surface area contributed by atoms with Crippen LogP contribution >= 0.6 is 0 Å². The SMILES string of the molecule is CC(O)(CNC(=O)C1CCC1)c1ccc(-c2ccccc2)cc1. The van der Waals surface area contributed by atoms with E-state index in [1.54, 1.807) is 6.92 Å². The van der Waals surface area contributed by atoms with Gasteiger partial charge in [-0.05, 0) is 36.5 Å². The lowest BCUT2D eigenvalue weighted by molar-refractivity contribution is -0.128. The molecule has 0 aromatic heterocycles. The van der Waals surface area contributed by atoms with Crippen LogP contribution in [-0.2, 0) is 10.4 Å². The number of benzene rings is 2. The fourth-order valence-electron chi connectivity index (χ4n) is 2.83. The summed E-state index contributed by atoms with van der Waals surface area (Å²) in [7, 11) is 0. The van der Waals surface area contributed by atoms with Gasteiger partial charge >= 0.3 is 0 Å². The zero-order valence-electron chi connectivity index (χ0n) is 13.5. The summed E-state index contributed by atoms with van der Waals surface area (Å²) in [5.74, 6) is 0.212. The summed E-state index contributed by atoms with van der Waals surface area (Å²) in [5, 5.41) is 13.5. The van der Waals surface area contributed by atoms with Crippen molar-refractivity contribution in [1.29, 1.82) is 0 Å². The van der Waals surface area contributed by atoms with Crippen molar-refractivity contribution < 1.29 is 9.90 Å². The summed E-state index contributed by atoms with van der Waals surface area (Å²) < 4.78 is 0. The van der Waals surface area contributed by atoms with Crippen molar-refractivity contribution in [2.45, 2.75) is 31.8 Å². The molecule has 2 N–H and O–H groups in total. The Morgan fingerprint density at radius 2 is 1.70 bits per heavy atom. The largest absolute Gasteiger partial charge is 0.384 e. The molecular formula is C20H23NO2. The Morgan fingerprint density at radius 1 is 1.09 bits per heavy atom. The topological polar surface area (TPSA) is 49.3 Å². The second kappa shape index (κ2) is 6.55. The first kappa shape index (κ1) is 15.8. The molecule has 2 aromatic rings. The van der Waals surface area contributed by atoms with Gasteiger partial charge in [0.25, 0.3) is 0 Å². The highest BCUT2D eigenvalue weighted by molar-refractivity contribution is 5.79. The van der Waals surface area contributed by atoms with Crippen molar-refractivity contribution in [2.75, 3.05) is 6.54 Å². The molecule has 1 fully saturated rings. The van der Waals surface area contributed by atoms with Crippen LogP contribution in [0.3, 0.4) is 0 Å². The Labute approximate surface area is 137 Å². The molecule has 0 aliphatic heterocycles. The smallest absolute Gasteiger partial charge is 0.223 e. The molecule has 23 heavy (non-hydrogen) atoms. The van der Waals surface area contributed by atoms with E-state index in [0.717, 1.165) is 36.0 Å². The number of hydrogen-bond donors (Lipinski definition) is 2. The third-order valence-electron chi connectivity index (χ3n) is 4.70. The van der Waals surface area contributed by atoms with Gasteiger partial charge in [-0.2, -0.15) is 0 Å². The third-order valence-corrected chi connectivity index (χ3v) is 4.70. The molecule has 3 nitrogen and oxygen atoms in total. The molecule has 3 rings (SSSR count). The van der Waals surface area contributed by atoms with Crippen LogP contribution in [0.4, 0.5) is 0 Å². The average Bonchev–Trinajstić information content (AvgIpc) is 2.52. The quantitative estimate of drug-likeness (QED) is 0.888. The fourth-order valence-corrected chi connectivity index (χ4v) is 2.83. The fraction of sp³-hybridized carbons (Fsp3) is 0.350. The zero-order valence-corrected chi connectivity index (χ0v) is 13.5. The lowest BCUT2D eigenvalue weighted by atomic mass is 9.84. The van der Waals surface area contributed by atoms with Crippen LogP contribution in [-0.4, -0.2) is 17.6 Å². The second-order valence-corrected chi connectivity index (χ2v) is 6.56. The van der Waals surface area contributed by atoms with E-state index in [1.165, 1.54) is 0 Å².